The first-order valence-corrected chi connectivity index (χ1v) is 12.1. The molecule has 0 unspecified atom stereocenters. The van der Waals surface area contributed by atoms with Gasteiger partial charge in [0.15, 0.2) is 0 Å². The molecule has 1 fully saturated rings. The number of hydrogen-bond donors (Lipinski definition) is 0. The minimum absolute atomic E-state index is 0.0101. The number of fused-ring (bicyclic) bond motifs is 1. The Morgan fingerprint density at radius 1 is 0.973 bits per heavy atom. The van der Waals surface area contributed by atoms with Crippen molar-refractivity contribution in [2.45, 2.75) is 25.3 Å². The van der Waals surface area contributed by atoms with E-state index in [4.69, 9.17) is 16.7 Å². The van der Waals surface area contributed by atoms with E-state index in [-0.39, 0.29) is 23.2 Å². The number of non-ortho nitro benzene ring substituents is 2. The molecule has 2 atom stereocenters. The van der Waals surface area contributed by atoms with E-state index in [0.29, 0.717) is 28.1 Å². The zero-order valence-corrected chi connectivity index (χ0v) is 20.2. The number of benzene rings is 3. The lowest BCUT2D eigenvalue weighted by Crippen LogP contribution is -2.32. The van der Waals surface area contributed by atoms with Gasteiger partial charge < -0.3 is 0 Å². The van der Waals surface area contributed by atoms with E-state index in [1.165, 1.54) is 29.3 Å². The highest BCUT2D eigenvalue weighted by atomic mass is 35.5. The first-order chi connectivity index (χ1) is 17.8. The van der Waals surface area contributed by atoms with Gasteiger partial charge in [0, 0.05) is 40.8 Å². The lowest BCUT2D eigenvalue weighted by atomic mass is 9.77. The van der Waals surface area contributed by atoms with Crippen LogP contribution in [0.25, 0.3) is 6.08 Å². The molecule has 0 spiro atoms. The van der Waals surface area contributed by atoms with Crippen molar-refractivity contribution in [3.8, 4) is 0 Å². The number of nitro groups is 2. The second kappa shape index (κ2) is 9.94. The summed E-state index contributed by atoms with van der Waals surface area (Å²) in [4.78, 5) is 35.5. The summed E-state index contributed by atoms with van der Waals surface area (Å²) in [5.41, 5.74) is 3.22. The second-order valence-electron chi connectivity index (χ2n) is 8.96. The Labute approximate surface area is 217 Å². The highest BCUT2D eigenvalue weighted by Gasteiger charge is 2.44. The molecule has 10 heteroatoms. The molecular formula is C27H21ClN4O5. The number of halogens is 1. The Kier molecular flexibility index (Phi) is 6.54. The molecule has 37 heavy (non-hydrogen) atoms. The van der Waals surface area contributed by atoms with E-state index in [1.54, 1.807) is 48.5 Å². The van der Waals surface area contributed by atoms with E-state index in [2.05, 4.69) is 0 Å². The quantitative estimate of drug-likeness (QED) is 0.280. The van der Waals surface area contributed by atoms with E-state index >= 15 is 0 Å². The maximum atomic E-state index is 13.6. The predicted octanol–water partition coefficient (Wildman–Crippen LogP) is 6.59. The summed E-state index contributed by atoms with van der Waals surface area (Å²) in [5, 5.41) is 29.4. The molecule has 3 aromatic carbocycles. The van der Waals surface area contributed by atoms with Gasteiger partial charge in [-0.3, -0.25) is 25.0 Å². The van der Waals surface area contributed by atoms with Gasteiger partial charge in [-0.2, -0.15) is 5.10 Å². The van der Waals surface area contributed by atoms with Crippen molar-refractivity contribution in [2.75, 3.05) is 0 Å². The fourth-order valence-corrected chi connectivity index (χ4v) is 5.10. The Morgan fingerprint density at radius 3 is 2.35 bits per heavy atom. The van der Waals surface area contributed by atoms with Gasteiger partial charge in [0.25, 0.3) is 17.3 Å². The maximum absolute atomic E-state index is 13.6. The van der Waals surface area contributed by atoms with E-state index < -0.39 is 15.9 Å². The Bertz CT molecular complexity index is 1470. The van der Waals surface area contributed by atoms with Gasteiger partial charge in [-0.15, -0.1) is 0 Å². The summed E-state index contributed by atoms with van der Waals surface area (Å²) in [6, 6.07) is 18.6. The molecule has 0 bridgehead atoms. The number of nitro benzene ring substituents is 2. The smallest absolute Gasteiger partial charge is 0.267 e. The average Bonchev–Trinajstić information content (AvgIpc) is 3.29. The zero-order chi connectivity index (χ0) is 26.1. The van der Waals surface area contributed by atoms with Crippen molar-refractivity contribution in [3.05, 3.63) is 120 Å². The SMILES string of the molecule is O=C(c1ccc(Cl)cc1)N1N=C2/C(=C/c3cccc([N+](=O)[O-])c3)CCC[C@H]2[C@@H]1c1cccc([N+](=O)[O-])c1. The minimum Gasteiger partial charge on any atom is -0.267 e. The summed E-state index contributed by atoms with van der Waals surface area (Å²) in [5.74, 6) is -0.526. The van der Waals surface area contributed by atoms with Crippen LogP contribution in [0.2, 0.25) is 5.02 Å². The zero-order valence-electron chi connectivity index (χ0n) is 19.5. The normalized spacial score (nSPS) is 19.9. The summed E-state index contributed by atoms with van der Waals surface area (Å²) in [7, 11) is 0. The third-order valence-electron chi connectivity index (χ3n) is 6.65. The average molecular weight is 517 g/mol. The molecule has 1 heterocycles. The number of carbonyl (C=O) groups excluding carboxylic acids is 1. The summed E-state index contributed by atoms with van der Waals surface area (Å²) >= 11 is 6.01. The summed E-state index contributed by atoms with van der Waals surface area (Å²) in [6.07, 6.45) is 4.13. The van der Waals surface area contributed by atoms with Crippen molar-refractivity contribution in [2.24, 2.45) is 11.0 Å². The first kappa shape index (κ1) is 24.3. The Morgan fingerprint density at radius 2 is 1.65 bits per heavy atom. The van der Waals surface area contributed by atoms with E-state index in [0.717, 1.165) is 24.1 Å². The highest BCUT2D eigenvalue weighted by molar-refractivity contribution is 6.30. The van der Waals surface area contributed by atoms with Crippen molar-refractivity contribution in [1.29, 1.82) is 0 Å². The van der Waals surface area contributed by atoms with E-state index in [1.807, 2.05) is 6.08 Å². The van der Waals surface area contributed by atoms with Gasteiger partial charge in [-0.25, -0.2) is 5.01 Å². The highest BCUT2D eigenvalue weighted by Crippen LogP contribution is 2.45. The molecule has 5 rings (SSSR count). The number of hydrogen-bond acceptors (Lipinski definition) is 6. The minimum atomic E-state index is -0.535. The van der Waals surface area contributed by atoms with Crippen LogP contribution in [-0.2, 0) is 0 Å². The molecule has 2 aliphatic rings. The molecule has 0 saturated heterocycles. The topological polar surface area (TPSA) is 119 Å². The van der Waals surface area contributed by atoms with Crippen molar-refractivity contribution >= 4 is 40.7 Å². The van der Waals surface area contributed by atoms with Gasteiger partial charge >= 0.3 is 0 Å². The van der Waals surface area contributed by atoms with Crippen molar-refractivity contribution < 1.29 is 14.6 Å². The van der Waals surface area contributed by atoms with Crippen LogP contribution in [0.15, 0.2) is 83.5 Å². The molecule has 9 nitrogen and oxygen atoms in total. The van der Waals surface area contributed by atoms with Crippen LogP contribution in [0.4, 0.5) is 11.4 Å². The molecule has 3 aromatic rings. The number of rotatable bonds is 5. The van der Waals surface area contributed by atoms with Gasteiger partial charge in [0.1, 0.15) is 0 Å². The molecule has 1 amide bonds. The fraction of sp³-hybridized carbons (Fsp3) is 0.185. The first-order valence-electron chi connectivity index (χ1n) is 11.7. The molecule has 0 N–H and O–H groups in total. The fourth-order valence-electron chi connectivity index (χ4n) is 4.98. The molecule has 1 aliphatic heterocycles. The molecule has 186 valence electrons. The van der Waals surface area contributed by atoms with Crippen LogP contribution in [0.3, 0.4) is 0 Å². The van der Waals surface area contributed by atoms with Gasteiger partial charge in [0.2, 0.25) is 0 Å². The monoisotopic (exact) mass is 516 g/mol. The number of hydrazone groups is 1. The molecule has 1 aliphatic carbocycles. The third kappa shape index (κ3) is 4.85. The number of amides is 1. The number of carbonyl (C=O) groups is 1. The van der Waals surface area contributed by atoms with Crippen LogP contribution in [0, 0.1) is 26.1 Å². The Balaban J connectivity index is 1.59. The van der Waals surface area contributed by atoms with Crippen molar-refractivity contribution in [1.82, 2.24) is 5.01 Å². The van der Waals surface area contributed by atoms with Gasteiger partial charge in [-0.05, 0) is 66.3 Å². The van der Waals surface area contributed by atoms with Crippen LogP contribution < -0.4 is 0 Å². The lowest BCUT2D eigenvalue weighted by Gasteiger charge is -2.29. The molecule has 1 saturated carbocycles. The van der Waals surface area contributed by atoms with Crippen LogP contribution in [0.5, 0.6) is 0 Å². The number of nitrogens with zero attached hydrogens (tertiary/aromatic N) is 4. The van der Waals surface area contributed by atoms with Gasteiger partial charge in [-0.1, -0.05) is 35.9 Å². The third-order valence-corrected chi connectivity index (χ3v) is 6.90. The Hall–Kier alpha value is -4.37. The summed E-state index contributed by atoms with van der Waals surface area (Å²) < 4.78 is 0. The molecule has 0 aromatic heterocycles. The predicted molar refractivity (Wildman–Crippen MR) is 139 cm³/mol. The second-order valence-corrected chi connectivity index (χ2v) is 9.40. The van der Waals surface area contributed by atoms with Crippen molar-refractivity contribution in [3.63, 3.8) is 0 Å². The lowest BCUT2D eigenvalue weighted by molar-refractivity contribution is -0.385. The van der Waals surface area contributed by atoms with Gasteiger partial charge in [0.05, 0.1) is 21.6 Å². The standard InChI is InChI=1S/C27H21ClN4O5/c28-21-12-10-18(11-13-21)27(33)30-26(20-6-2-8-23(16-20)32(36)37)24-9-3-5-19(25(24)29-30)14-17-4-1-7-22(15-17)31(34)35/h1-2,4,6-8,10-16,24,26H,3,5,9H2/b19-14+/t24-,26+/m1/s1. The summed E-state index contributed by atoms with van der Waals surface area (Å²) in [6.45, 7) is 0. The van der Waals surface area contributed by atoms with Crippen LogP contribution in [-0.4, -0.2) is 26.5 Å². The van der Waals surface area contributed by atoms with Crippen LogP contribution >= 0.6 is 11.6 Å². The van der Waals surface area contributed by atoms with E-state index in [9.17, 15) is 25.0 Å². The number of allylic oxidation sites excluding steroid dienone is 1. The van der Waals surface area contributed by atoms with Crippen LogP contribution in [0.1, 0.15) is 46.8 Å². The molecule has 0 radical (unpaired) electrons. The molecular weight excluding hydrogens is 496 g/mol. The largest absolute Gasteiger partial charge is 0.274 e. The maximum Gasteiger partial charge on any atom is 0.274 e.